The number of nitrogens with zero attached hydrogens (tertiary/aromatic N) is 8. The van der Waals surface area contributed by atoms with E-state index in [0.717, 1.165) is 0 Å². The molecule has 7 heterocycles. The fraction of sp³-hybridized carbons (Fsp3) is 0.524. The fourth-order valence-electron chi connectivity index (χ4n) is 5.34. The molecule has 0 amide bonds. The van der Waals surface area contributed by atoms with Crippen molar-refractivity contribution < 1.29 is 47.6 Å². The Kier molecular flexibility index (Phi) is 7.79. The molecule has 3 aliphatic rings. The molecule has 7 rings (SSSR count). The van der Waals surface area contributed by atoms with Crippen molar-refractivity contribution in [2.45, 2.75) is 56.0 Å². The number of aliphatic hydroxyl groups excluding tert-OH is 2. The number of ether oxygens (including phenoxy) is 2. The number of fused-ring (bicyclic) bond motifs is 4. The van der Waals surface area contributed by atoms with Gasteiger partial charge in [0.1, 0.15) is 60.3 Å². The van der Waals surface area contributed by atoms with Crippen LogP contribution in [0.3, 0.4) is 0 Å². The number of hydrogen-bond acceptors (Lipinski definition) is 17. The second-order valence-corrected chi connectivity index (χ2v) is 15.7. The molecule has 3 fully saturated rings. The molecule has 19 nitrogen and oxygen atoms in total. The molecule has 0 radical (unpaired) electrons. The van der Waals surface area contributed by atoms with Crippen LogP contribution in [-0.2, 0) is 51.2 Å². The summed E-state index contributed by atoms with van der Waals surface area (Å²) in [6.45, 7) is -7.37. The van der Waals surface area contributed by atoms with E-state index >= 15 is 0 Å². The van der Waals surface area contributed by atoms with Crippen molar-refractivity contribution in [2.24, 2.45) is 0 Å². The van der Waals surface area contributed by atoms with Crippen molar-refractivity contribution >= 4 is 65.2 Å². The van der Waals surface area contributed by atoms with Crippen LogP contribution in [0, 0.1) is 6.92 Å². The lowest BCUT2D eigenvalue weighted by Gasteiger charge is -2.30. The third kappa shape index (κ3) is 5.35. The molecule has 236 valence electrons. The number of aromatic nitrogens is 8. The Hall–Kier alpha value is -2.20. The second-order valence-electron chi connectivity index (χ2n) is 10.1. The summed E-state index contributed by atoms with van der Waals surface area (Å²) in [5.74, 6) is 0.117. The summed E-state index contributed by atoms with van der Waals surface area (Å²) in [6, 6.07) is 0. The van der Waals surface area contributed by atoms with Crippen LogP contribution in [0.5, 0.6) is 0 Å². The van der Waals surface area contributed by atoms with E-state index in [1.807, 2.05) is 0 Å². The van der Waals surface area contributed by atoms with Gasteiger partial charge in [-0.3, -0.25) is 18.2 Å². The lowest BCUT2D eigenvalue weighted by Crippen LogP contribution is -2.39. The molecule has 4 aromatic heterocycles. The quantitative estimate of drug-likeness (QED) is 0.164. The minimum Gasteiger partial charge on any atom is -0.386 e. The first-order chi connectivity index (χ1) is 20.9. The highest BCUT2D eigenvalue weighted by atomic mass is 32.5. The standard InChI is InChI=1S/C21H25N9O10P2S2/c1-8-11-18(25-4-23-8)29(6-27-11)20-13(31)15-9(37-20)2-35-42(34,44)40-16-10(3-36-41(33,43)39-15)38-21(14(16)32)30-7-28-12-17(22)24-5-26-19(12)30/h4-7,9-10,13-16,20-21,31-32H,2-3H2,1H3,(H,33,43)(H,34,44)(H2,22,24,26)/t9-,10-,13-,14-,15-,16-,20-,21-,41?,42?/m0/s1. The number of aliphatic hydroxyl groups is 2. The molecular formula is C21H25N9O10P2S2. The van der Waals surface area contributed by atoms with Gasteiger partial charge in [-0.05, 0) is 30.5 Å². The Morgan fingerprint density at radius 1 is 0.773 bits per heavy atom. The van der Waals surface area contributed by atoms with Gasteiger partial charge in [-0.1, -0.05) is 0 Å². The second kappa shape index (κ2) is 11.2. The van der Waals surface area contributed by atoms with E-state index in [9.17, 15) is 20.0 Å². The van der Waals surface area contributed by atoms with Crippen molar-refractivity contribution in [2.75, 3.05) is 18.9 Å². The van der Waals surface area contributed by atoms with Gasteiger partial charge in [0.05, 0.1) is 31.6 Å². The highest BCUT2D eigenvalue weighted by Crippen LogP contribution is 2.54. The fourth-order valence-corrected chi connectivity index (χ4v) is 8.23. The Balaban J connectivity index is 1.17. The van der Waals surface area contributed by atoms with E-state index in [-0.39, 0.29) is 17.0 Å². The van der Waals surface area contributed by atoms with Gasteiger partial charge in [-0.2, -0.15) is 0 Å². The minimum atomic E-state index is -4.10. The van der Waals surface area contributed by atoms with Crippen LogP contribution in [0.1, 0.15) is 18.1 Å². The third-order valence-corrected chi connectivity index (χ3v) is 10.5. The van der Waals surface area contributed by atoms with Gasteiger partial charge in [-0.15, -0.1) is 0 Å². The molecule has 6 N–H and O–H groups in total. The predicted octanol–water partition coefficient (Wildman–Crippen LogP) is -0.676. The van der Waals surface area contributed by atoms with Crippen LogP contribution in [0.25, 0.3) is 22.3 Å². The topological polar surface area (TPSA) is 250 Å². The molecule has 4 aromatic rings. The van der Waals surface area contributed by atoms with E-state index in [1.54, 1.807) is 6.92 Å². The van der Waals surface area contributed by atoms with Crippen molar-refractivity contribution in [3.8, 4) is 0 Å². The molecule has 2 unspecified atom stereocenters. The molecule has 10 atom stereocenters. The van der Waals surface area contributed by atoms with E-state index in [2.05, 4.69) is 29.9 Å². The summed E-state index contributed by atoms with van der Waals surface area (Å²) < 4.78 is 37.6. The number of nitrogens with two attached hydrogens (primary N) is 1. The van der Waals surface area contributed by atoms with Crippen LogP contribution >= 0.6 is 13.4 Å². The summed E-state index contributed by atoms with van der Waals surface area (Å²) in [6.07, 6.45) is -4.72. The zero-order valence-corrected chi connectivity index (χ0v) is 25.9. The lowest BCUT2D eigenvalue weighted by atomic mass is 10.1. The first kappa shape index (κ1) is 30.5. The lowest BCUT2D eigenvalue weighted by molar-refractivity contribution is -0.0593. The van der Waals surface area contributed by atoms with Gasteiger partial charge in [0, 0.05) is 0 Å². The average Bonchev–Trinajstić information content (AvgIpc) is 3.73. The number of hydrogen-bond donors (Lipinski definition) is 5. The molecule has 3 saturated heterocycles. The summed E-state index contributed by atoms with van der Waals surface area (Å²) in [7, 11) is 0. The highest BCUT2D eigenvalue weighted by molar-refractivity contribution is 8.07. The van der Waals surface area contributed by atoms with Gasteiger partial charge in [0.2, 0.25) is 0 Å². The molecular weight excluding hydrogens is 664 g/mol. The zero-order chi connectivity index (χ0) is 31.0. The Morgan fingerprint density at radius 2 is 1.25 bits per heavy atom. The first-order valence-corrected chi connectivity index (χ1v) is 18.2. The maximum Gasteiger partial charge on any atom is 0.325 e. The Labute approximate surface area is 257 Å². The van der Waals surface area contributed by atoms with E-state index in [4.69, 9.17) is 56.9 Å². The van der Waals surface area contributed by atoms with Gasteiger partial charge in [0.15, 0.2) is 29.6 Å². The molecule has 0 aliphatic carbocycles. The summed E-state index contributed by atoms with van der Waals surface area (Å²) in [4.78, 5) is 46.9. The van der Waals surface area contributed by atoms with Crippen molar-refractivity contribution in [3.63, 3.8) is 0 Å². The first-order valence-electron chi connectivity index (χ1n) is 13.0. The number of aryl methyl sites for hydroxylation is 1. The minimum absolute atomic E-state index is 0.117. The normalized spacial score (nSPS) is 38.3. The molecule has 23 heteroatoms. The van der Waals surface area contributed by atoms with Crippen LogP contribution < -0.4 is 5.73 Å². The summed E-state index contributed by atoms with van der Waals surface area (Å²) in [5.41, 5.74) is 7.90. The SMILES string of the molecule is Cc1ncnc2c1ncn2[C@H]1O[C@H]2COP(O)(=S)O[C@@H]3[C@H](O)[C@@H](n4cnc5c(N)ncnc54)O[C@H]3COP(O)(=S)O[C@@H]2[C@@H]1O. The number of anilines is 1. The van der Waals surface area contributed by atoms with Gasteiger partial charge < -0.3 is 44.3 Å². The van der Waals surface area contributed by atoms with E-state index < -0.39 is 75.7 Å². The smallest absolute Gasteiger partial charge is 0.325 e. The molecule has 3 aliphatic heterocycles. The molecule has 0 bridgehead atoms. The molecule has 0 aromatic carbocycles. The van der Waals surface area contributed by atoms with Gasteiger partial charge in [0.25, 0.3) is 0 Å². The van der Waals surface area contributed by atoms with Crippen molar-refractivity contribution in [1.29, 1.82) is 0 Å². The predicted molar refractivity (Wildman–Crippen MR) is 154 cm³/mol. The van der Waals surface area contributed by atoms with Gasteiger partial charge >= 0.3 is 13.4 Å². The van der Waals surface area contributed by atoms with Crippen LogP contribution in [0.2, 0.25) is 0 Å². The van der Waals surface area contributed by atoms with Crippen molar-refractivity contribution in [1.82, 2.24) is 39.0 Å². The van der Waals surface area contributed by atoms with Crippen LogP contribution in [0.4, 0.5) is 5.82 Å². The largest absolute Gasteiger partial charge is 0.386 e. The number of nitrogen functional groups attached to an aromatic ring is 1. The summed E-state index contributed by atoms with van der Waals surface area (Å²) in [5, 5.41) is 22.6. The monoisotopic (exact) mass is 689 g/mol. The van der Waals surface area contributed by atoms with Crippen LogP contribution in [0.15, 0.2) is 25.3 Å². The van der Waals surface area contributed by atoms with Crippen molar-refractivity contribution in [3.05, 3.63) is 31.0 Å². The number of rotatable bonds is 2. The average molecular weight is 690 g/mol. The molecule has 0 saturated carbocycles. The van der Waals surface area contributed by atoms with Crippen LogP contribution in [-0.4, -0.2) is 109 Å². The Bertz CT molecular complexity index is 1700. The zero-order valence-electron chi connectivity index (χ0n) is 22.4. The maximum absolute atomic E-state index is 11.3. The van der Waals surface area contributed by atoms with E-state index in [0.29, 0.717) is 16.9 Å². The van der Waals surface area contributed by atoms with E-state index in [1.165, 1.54) is 34.4 Å². The molecule has 0 spiro atoms. The highest BCUT2D eigenvalue weighted by Gasteiger charge is 2.52. The number of imidazole rings is 2. The Morgan fingerprint density at radius 3 is 1.80 bits per heavy atom. The third-order valence-electron chi connectivity index (χ3n) is 7.41. The summed E-state index contributed by atoms with van der Waals surface area (Å²) >= 11 is 10.5. The van der Waals surface area contributed by atoms with Gasteiger partial charge in [-0.25, -0.2) is 29.9 Å². The maximum atomic E-state index is 11.3. The molecule has 44 heavy (non-hydrogen) atoms.